The molecule has 1 amide bonds. The maximum absolute atomic E-state index is 12.5. The second-order valence-corrected chi connectivity index (χ2v) is 7.16. The Morgan fingerprint density at radius 2 is 1.81 bits per heavy atom. The molecule has 2 aromatic carbocycles. The molecule has 0 aliphatic rings. The van der Waals surface area contributed by atoms with E-state index in [0.717, 1.165) is 20.7 Å². The van der Waals surface area contributed by atoms with Crippen LogP contribution in [0.25, 0.3) is 0 Å². The summed E-state index contributed by atoms with van der Waals surface area (Å²) in [6.45, 7) is -0.0718. The highest BCUT2D eigenvalue weighted by Gasteiger charge is 2.21. The Kier molecular flexibility index (Phi) is 6.33. The SMILES string of the molecule is COc1ccc(C(NC(=O)COc2ccc(I)cc2)c2nccn2C)cc1. The lowest BCUT2D eigenvalue weighted by Gasteiger charge is -2.19. The number of methoxy groups -OCH3 is 1. The Hall–Kier alpha value is -2.55. The van der Waals surface area contributed by atoms with Gasteiger partial charge in [0.1, 0.15) is 23.4 Å². The zero-order valence-corrected chi connectivity index (χ0v) is 17.2. The number of halogens is 1. The molecule has 1 unspecified atom stereocenters. The minimum atomic E-state index is -0.385. The fourth-order valence-electron chi connectivity index (χ4n) is 2.63. The summed E-state index contributed by atoms with van der Waals surface area (Å²) in [5.41, 5.74) is 0.910. The van der Waals surface area contributed by atoms with E-state index in [1.807, 2.05) is 66.3 Å². The van der Waals surface area contributed by atoms with E-state index in [1.54, 1.807) is 13.3 Å². The van der Waals surface area contributed by atoms with Crippen LogP contribution in [0.3, 0.4) is 0 Å². The number of hydrogen-bond donors (Lipinski definition) is 1. The highest BCUT2D eigenvalue weighted by Crippen LogP contribution is 2.23. The van der Waals surface area contributed by atoms with Crippen LogP contribution in [-0.2, 0) is 11.8 Å². The molecule has 3 aromatic rings. The number of ether oxygens (including phenoxy) is 2. The molecular weight excluding hydrogens is 457 g/mol. The molecule has 0 saturated carbocycles. The quantitative estimate of drug-likeness (QED) is 0.531. The van der Waals surface area contributed by atoms with Crippen molar-refractivity contribution in [2.24, 2.45) is 7.05 Å². The highest BCUT2D eigenvalue weighted by molar-refractivity contribution is 14.1. The van der Waals surface area contributed by atoms with Gasteiger partial charge >= 0.3 is 0 Å². The summed E-state index contributed by atoms with van der Waals surface area (Å²) in [4.78, 5) is 16.9. The number of aromatic nitrogens is 2. The molecule has 0 fully saturated rings. The zero-order chi connectivity index (χ0) is 19.2. The van der Waals surface area contributed by atoms with E-state index in [9.17, 15) is 4.79 Å². The number of amides is 1. The summed E-state index contributed by atoms with van der Waals surface area (Å²) < 4.78 is 13.8. The van der Waals surface area contributed by atoms with Gasteiger partial charge in [0.25, 0.3) is 5.91 Å². The molecular formula is C20H20IN3O3. The summed E-state index contributed by atoms with van der Waals surface area (Å²) >= 11 is 2.22. The largest absolute Gasteiger partial charge is 0.497 e. The molecule has 0 saturated heterocycles. The highest BCUT2D eigenvalue weighted by atomic mass is 127. The average Bonchev–Trinajstić information content (AvgIpc) is 3.11. The van der Waals surface area contributed by atoms with Crippen molar-refractivity contribution in [3.63, 3.8) is 0 Å². The lowest BCUT2D eigenvalue weighted by Crippen LogP contribution is -2.34. The lowest BCUT2D eigenvalue weighted by atomic mass is 10.1. The predicted molar refractivity (Wildman–Crippen MR) is 111 cm³/mol. The van der Waals surface area contributed by atoms with Gasteiger partial charge in [-0.15, -0.1) is 0 Å². The first kappa shape index (κ1) is 19.2. The fourth-order valence-corrected chi connectivity index (χ4v) is 2.99. The van der Waals surface area contributed by atoms with Gasteiger partial charge in [-0.05, 0) is 64.6 Å². The van der Waals surface area contributed by atoms with Crippen molar-refractivity contribution < 1.29 is 14.3 Å². The molecule has 0 bridgehead atoms. The Morgan fingerprint density at radius 3 is 2.41 bits per heavy atom. The summed E-state index contributed by atoms with van der Waals surface area (Å²) in [7, 11) is 3.52. The molecule has 0 radical (unpaired) electrons. The van der Waals surface area contributed by atoms with E-state index in [-0.39, 0.29) is 18.6 Å². The Balaban J connectivity index is 1.73. The number of nitrogens with one attached hydrogen (secondary N) is 1. The monoisotopic (exact) mass is 477 g/mol. The number of rotatable bonds is 7. The predicted octanol–water partition coefficient (Wildman–Crippen LogP) is 3.32. The van der Waals surface area contributed by atoms with E-state index in [1.165, 1.54) is 0 Å². The molecule has 3 rings (SSSR count). The van der Waals surface area contributed by atoms with E-state index in [2.05, 4.69) is 32.9 Å². The van der Waals surface area contributed by atoms with E-state index >= 15 is 0 Å². The average molecular weight is 477 g/mol. The van der Waals surface area contributed by atoms with E-state index < -0.39 is 0 Å². The van der Waals surface area contributed by atoms with Gasteiger partial charge in [-0.25, -0.2) is 4.98 Å². The maximum Gasteiger partial charge on any atom is 0.258 e. The van der Waals surface area contributed by atoms with Crippen LogP contribution < -0.4 is 14.8 Å². The van der Waals surface area contributed by atoms with Crippen molar-refractivity contribution in [3.8, 4) is 11.5 Å². The van der Waals surface area contributed by atoms with Crippen molar-refractivity contribution in [1.29, 1.82) is 0 Å². The topological polar surface area (TPSA) is 65.4 Å². The van der Waals surface area contributed by atoms with Gasteiger partial charge in [0.2, 0.25) is 0 Å². The molecule has 7 heteroatoms. The second-order valence-electron chi connectivity index (χ2n) is 5.91. The number of imidazole rings is 1. The van der Waals surface area contributed by atoms with Crippen LogP contribution in [0.15, 0.2) is 60.9 Å². The molecule has 1 heterocycles. The van der Waals surface area contributed by atoms with Gasteiger partial charge in [-0.3, -0.25) is 4.79 Å². The summed E-state index contributed by atoms with van der Waals surface area (Å²) in [6, 6.07) is 14.7. The third kappa shape index (κ3) is 5.00. The third-order valence-corrected chi connectivity index (χ3v) is 4.77. The summed E-state index contributed by atoms with van der Waals surface area (Å²) in [5.74, 6) is 1.93. The Bertz CT molecular complexity index is 892. The molecule has 1 aromatic heterocycles. The molecule has 27 heavy (non-hydrogen) atoms. The van der Waals surface area contributed by atoms with Gasteiger partial charge in [0, 0.05) is 23.0 Å². The smallest absolute Gasteiger partial charge is 0.258 e. The van der Waals surface area contributed by atoms with Crippen LogP contribution in [-0.4, -0.2) is 29.2 Å². The first-order valence-corrected chi connectivity index (χ1v) is 9.43. The molecule has 6 nitrogen and oxygen atoms in total. The van der Waals surface area contributed by atoms with Gasteiger partial charge in [-0.2, -0.15) is 0 Å². The number of aryl methyl sites for hydroxylation is 1. The van der Waals surface area contributed by atoms with Crippen LogP contribution in [0.5, 0.6) is 11.5 Å². The summed E-state index contributed by atoms with van der Waals surface area (Å²) in [5, 5.41) is 3.01. The van der Waals surface area contributed by atoms with Gasteiger partial charge in [0.05, 0.1) is 7.11 Å². The van der Waals surface area contributed by atoms with Crippen LogP contribution in [0, 0.1) is 3.57 Å². The van der Waals surface area contributed by atoms with Crippen LogP contribution in [0.2, 0.25) is 0 Å². The Labute approximate surface area is 171 Å². The number of benzene rings is 2. The molecule has 0 spiro atoms. The zero-order valence-electron chi connectivity index (χ0n) is 15.1. The lowest BCUT2D eigenvalue weighted by molar-refractivity contribution is -0.123. The number of carbonyl (C=O) groups excluding carboxylic acids is 1. The van der Waals surface area contributed by atoms with Gasteiger partial charge < -0.3 is 19.4 Å². The number of nitrogens with zero attached hydrogens (tertiary/aromatic N) is 2. The van der Waals surface area contributed by atoms with Crippen molar-refractivity contribution in [3.05, 3.63) is 75.9 Å². The van der Waals surface area contributed by atoms with Crippen LogP contribution in [0.1, 0.15) is 17.4 Å². The fraction of sp³-hybridized carbons (Fsp3) is 0.200. The van der Waals surface area contributed by atoms with E-state index in [4.69, 9.17) is 9.47 Å². The van der Waals surface area contributed by atoms with E-state index in [0.29, 0.717) is 5.75 Å². The first-order chi connectivity index (χ1) is 13.1. The van der Waals surface area contributed by atoms with Crippen molar-refractivity contribution >= 4 is 28.5 Å². The second kappa shape index (κ2) is 8.90. The van der Waals surface area contributed by atoms with Crippen LogP contribution in [0.4, 0.5) is 0 Å². The Morgan fingerprint density at radius 1 is 1.15 bits per heavy atom. The third-order valence-electron chi connectivity index (χ3n) is 4.05. The summed E-state index contributed by atoms with van der Waals surface area (Å²) in [6.07, 6.45) is 3.56. The maximum atomic E-state index is 12.5. The molecule has 140 valence electrons. The minimum absolute atomic E-state index is 0.0718. The normalized spacial score (nSPS) is 11.7. The number of hydrogen-bond acceptors (Lipinski definition) is 4. The molecule has 1 atom stereocenters. The van der Waals surface area contributed by atoms with Crippen molar-refractivity contribution in [2.45, 2.75) is 6.04 Å². The van der Waals surface area contributed by atoms with Crippen molar-refractivity contribution in [2.75, 3.05) is 13.7 Å². The van der Waals surface area contributed by atoms with Crippen molar-refractivity contribution in [1.82, 2.24) is 14.9 Å². The number of carbonyl (C=O) groups is 1. The molecule has 0 aliphatic heterocycles. The standard InChI is InChI=1S/C20H20IN3O3/c1-24-12-11-22-20(24)19(14-3-7-16(26-2)8-4-14)23-18(25)13-27-17-9-5-15(21)6-10-17/h3-12,19H,13H2,1-2H3,(H,23,25). The molecule has 1 N–H and O–H groups in total. The van der Waals surface area contributed by atoms with Gasteiger partial charge in [-0.1, -0.05) is 12.1 Å². The van der Waals surface area contributed by atoms with Gasteiger partial charge in [0.15, 0.2) is 6.61 Å². The first-order valence-electron chi connectivity index (χ1n) is 8.35. The van der Waals surface area contributed by atoms with Crippen LogP contribution >= 0.6 is 22.6 Å². The molecule has 0 aliphatic carbocycles. The minimum Gasteiger partial charge on any atom is -0.497 e.